The van der Waals surface area contributed by atoms with Crippen molar-refractivity contribution in [1.29, 1.82) is 0 Å². The Bertz CT molecular complexity index is 653. The molecule has 3 fully saturated rings. The lowest BCUT2D eigenvalue weighted by molar-refractivity contribution is -0.363. The SMILES string of the molecule is OC[C@H]1O[C@@](CO)(OC[C@H]2O[C@H](O[C@H]3[C@H](O)[C@@H](O)[C@@H](O)O[C@@H]3CO)[C@H](O)[C@@H](O)[C@@H]2O)[C@@H](O)[C@@H]1O. The van der Waals surface area contributed by atoms with Gasteiger partial charge in [-0.25, -0.2) is 0 Å². The van der Waals surface area contributed by atoms with Gasteiger partial charge in [0.2, 0.25) is 5.79 Å². The van der Waals surface area contributed by atoms with Gasteiger partial charge in [0.05, 0.1) is 19.8 Å². The number of hydrogen-bond donors (Lipinski definition) is 11. The fraction of sp³-hybridized carbons (Fsp3) is 1.00. The van der Waals surface area contributed by atoms with E-state index in [4.69, 9.17) is 23.7 Å². The molecule has 16 heteroatoms. The van der Waals surface area contributed by atoms with E-state index in [1.54, 1.807) is 0 Å². The Hall–Kier alpha value is -0.640. The number of ether oxygens (including phenoxy) is 5. The van der Waals surface area contributed by atoms with E-state index in [1.165, 1.54) is 0 Å². The molecule has 0 aromatic carbocycles. The Balaban J connectivity index is 1.71. The zero-order valence-electron chi connectivity index (χ0n) is 17.8. The van der Waals surface area contributed by atoms with Gasteiger partial charge in [0.25, 0.3) is 0 Å². The summed E-state index contributed by atoms with van der Waals surface area (Å²) in [6.07, 6.45) is -21.9. The van der Waals surface area contributed by atoms with Crippen LogP contribution in [0.4, 0.5) is 0 Å². The molecule has 0 amide bonds. The summed E-state index contributed by atoms with van der Waals surface area (Å²) in [6.45, 7) is -3.14. The molecule has 3 aliphatic rings. The van der Waals surface area contributed by atoms with Crippen LogP contribution in [-0.2, 0) is 23.7 Å². The third kappa shape index (κ3) is 5.09. The second kappa shape index (κ2) is 11.2. The third-order valence-corrected chi connectivity index (χ3v) is 6.20. The molecule has 0 spiro atoms. The number of hydrogen-bond acceptors (Lipinski definition) is 16. The van der Waals surface area contributed by atoms with Crippen LogP contribution in [0.25, 0.3) is 0 Å². The normalized spacial score (nSPS) is 52.1. The highest BCUT2D eigenvalue weighted by atomic mass is 16.8. The lowest BCUT2D eigenvalue weighted by Gasteiger charge is -2.45. The maximum atomic E-state index is 10.3. The van der Waals surface area contributed by atoms with Gasteiger partial charge in [-0.3, -0.25) is 0 Å². The van der Waals surface area contributed by atoms with Crippen LogP contribution >= 0.6 is 0 Å². The van der Waals surface area contributed by atoms with E-state index in [2.05, 4.69) is 0 Å². The van der Waals surface area contributed by atoms with Crippen molar-refractivity contribution in [3.8, 4) is 0 Å². The molecule has 0 bridgehead atoms. The van der Waals surface area contributed by atoms with Gasteiger partial charge in [0, 0.05) is 0 Å². The van der Waals surface area contributed by atoms with Gasteiger partial charge in [0.15, 0.2) is 12.6 Å². The fourth-order valence-corrected chi connectivity index (χ4v) is 4.08. The van der Waals surface area contributed by atoms with Gasteiger partial charge in [-0.1, -0.05) is 0 Å². The average Bonchev–Trinajstić information content (AvgIpc) is 3.08. The maximum absolute atomic E-state index is 10.3. The van der Waals surface area contributed by atoms with Gasteiger partial charge in [-0.2, -0.15) is 0 Å². The summed E-state index contributed by atoms with van der Waals surface area (Å²) in [5, 5.41) is 109. The fourth-order valence-electron chi connectivity index (χ4n) is 4.08. The molecule has 0 aromatic heterocycles. The monoisotopic (exact) mass is 504 g/mol. The molecule has 14 atom stereocenters. The van der Waals surface area contributed by atoms with Crippen molar-refractivity contribution in [3.63, 3.8) is 0 Å². The molecule has 3 saturated heterocycles. The second-order valence-corrected chi connectivity index (χ2v) is 8.40. The van der Waals surface area contributed by atoms with Gasteiger partial charge >= 0.3 is 0 Å². The zero-order valence-corrected chi connectivity index (χ0v) is 17.8. The van der Waals surface area contributed by atoms with Gasteiger partial charge in [-0.15, -0.1) is 0 Å². The predicted molar refractivity (Wildman–Crippen MR) is 101 cm³/mol. The molecule has 0 saturated carbocycles. The Morgan fingerprint density at radius 1 is 0.647 bits per heavy atom. The van der Waals surface area contributed by atoms with Crippen LogP contribution in [0, 0.1) is 0 Å². The lowest BCUT2D eigenvalue weighted by atomic mass is 9.97. The summed E-state index contributed by atoms with van der Waals surface area (Å²) < 4.78 is 26.4. The first-order valence-electron chi connectivity index (χ1n) is 10.6. The quantitative estimate of drug-likeness (QED) is 0.146. The number of aliphatic hydroxyl groups excluding tert-OH is 11. The molecular formula is C18H32O16. The van der Waals surface area contributed by atoms with E-state index < -0.39 is 112 Å². The first-order chi connectivity index (χ1) is 16.0. The second-order valence-electron chi connectivity index (χ2n) is 8.40. The molecule has 200 valence electrons. The summed E-state index contributed by atoms with van der Waals surface area (Å²) in [6, 6.07) is 0. The van der Waals surface area contributed by atoms with Crippen molar-refractivity contribution in [3.05, 3.63) is 0 Å². The molecule has 0 unspecified atom stereocenters. The van der Waals surface area contributed by atoms with Crippen LogP contribution in [0.15, 0.2) is 0 Å². The minimum atomic E-state index is -2.21. The third-order valence-electron chi connectivity index (χ3n) is 6.20. The molecule has 0 aromatic rings. The smallest absolute Gasteiger partial charge is 0.221 e. The molecule has 11 N–H and O–H groups in total. The van der Waals surface area contributed by atoms with E-state index in [0.29, 0.717) is 0 Å². The highest BCUT2D eigenvalue weighted by Crippen LogP contribution is 2.34. The Morgan fingerprint density at radius 3 is 1.85 bits per heavy atom. The average molecular weight is 504 g/mol. The Kier molecular flexibility index (Phi) is 9.18. The largest absolute Gasteiger partial charge is 0.394 e. The topological polar surface area (TPSA) is 269 Å². The standard InChI is InChI=1S/C18H32O16/c19-1-5-9(23)15(28)18(4-21,34-5)30-3-7-8(22)10(24)13(27)17(32-7)33-14-6(2-20)31-16(29)12(26)11(14)25/h5-17,19-29H,1-4H2/t5-,6-,7-,8-,9-,10+,11-,12-,13-,14-,15+,16+,17-,18-/m1/s1. The van der Waals surface area contributed by atoms with Crippen LogP contribution in [0.5, 0.6) is 0 Å². The Labute approximate surface area is 192 Å². The highest BCUT2D eigenvalue weighted by molar-refractivity contribution is 4.98. The number of aliphatic hydroxyl groups is 11. The van der Waals surface area contributed by atoms with E-state index >= 15 is 0 Å². The van der Waals surface area contributed by atoms with E-state index in [1.807, 2.05) is 0 Å². The molecule has 3 heterocycles. The van der Waals surface area contributed by atoms with Crippen molar-refractivity contribution >= 4 is 0 Å². The molecule has 3 rings (SSSR count). The van der Waals surface area contributed by atoms with Crippen LogP contribution in [0.1, 0.15) is 0 Å². The van der Waals surface area contributed by atoms with Crippen molar-refractivity contribution in [2.24, 2.45) is 0 Å². The van der Waals surface area contributed by atoms with Crippen molar-refractivity contribution < 1.29 is 79.9 Å². The lowest BCUT2D eigenvalue weighted by Crippen LogP contribution is -2.64. The van der Waals surface area contributed by atoms with Crippen LogP contribution < -0.4 is 0 Å². The molecule has 3 aliphatic heterocycles. The maximum Gasteiger partial charge on any atom is 0.221 e. The molecule has 16 nitrogen and oxygen atoms in total. The summed E-state index contributed by atoms with van der Waals surface area (Å²) in [5.41, 5.74) is 0. The van der Waals surface area contributed by atoms with Gasteiger partial charge in [0.1, 0.15) is 73.8 Å². The summed E-state index contributed by atoms with van der Waals surface area (Å²) >= 11 is 0. The van der Waals surface area contributed by atoms with E-state index in [-0.39, 0.29) is 0 Å². The minimum Gasteiger partial charge on any atom is -0.394 e. The van der Waals surface area contributed by atoms with Gasteiger partial charge in [-0.05, 0) is 0 Å². The van der Waals surface area contributed by atoms with Crippen LogP contribution in [0.2, 0.25) is 0 Å². The van der Waals surface area contributed by atoms with Crippen LogP contribution in [0.3, 0.4) is 0 Å². The van der Waals surface area contributed by atoms with Gasteiger partial charge < -0.3 is 79.9 Å². The van der Waals surface area contributed by atoms with Crippen molar-refractivity contribution in [2.45, 2.75) is 85.5 Å². The molecule has 0 aliphatic carbocycles. The van der Waals surface area contributed by atoms with Crippen molar-refractivity contribution in [1.82, 2.24) is 0 Å². The molecular weight excluding hydrogens is 472 g/mol. The first kappa shape index (κ1) is 27.9. The zero-order chi connectivity index (χ0) is 25.4. The minimum absolute atomic E-state index is 0.693. The molecule has 34 heavy (non-hydrogen) atoms. The van der Waals surface area contributed by atoms with E-state index in [9.17, 15) is 56.2 Å². The molecule has 0 radical (unpaired) electrons. The number of rotatable bonds is 8. The van der Waals surface area contributed by atoms with Crippen molar-refractivity contribution in [2.75, 3.05) is 26.4 Å². The van der Waals surface area contributed by atoms with Crippen LogP contribution in [-0.4, -0.2) is 168 Å². The summed E-state index contributed by atoms with van der Waals surface area (Å²) in [5.74, 6) is -2.21. The Morgan fingerprint density at radius 2 is 1.29 bits per heavy atom. The summed E-state index contributed by atoms with van der Waals surface area (Å²) in [7, 11) is 0. The predicted octanol–water partition coefficient (Wildman–Crippen LogP) is -7.57. The highest BCUT2D eigenvalue weighted by Gasteiger charge is 2.56. The first-order valence-corrected chi connectivity index (χ1v) is 10.6. The van der Waals surface area contributed by atoms with E-state index in [0.717, 1.165) is 0 Å². The summed E-state index contributed by atoms with van der Waals surface area (Å²) in [4.78, 5) is 0.